The molecule has 0 radical (unpaired) electrons. The molecule has 2 rings (SSSR count). The Bertz CT molecular complexity index is 588. The van der Waals surface area contributed by atoms with Gasteiger partial charge in [-0.3, -0.25) is 4.79 Å². The number of halogens is 1. The summed E-state index contributed by atoms with van der Waals surface area (Å²) in [5.74, 6) is -0.456. The molecular formula is C12H12FN3O2. The zero-order chi connectivity index (χ0) is 13.3. The van der Waals surface area contributed by atoms with Crippen molar-refractivity contribution in [3.63, 3.8) is 0 Å². The summed E-state index contributed by atoms with van der Waals surface area (Å²) in [6, 6.07) is 3.98. The Labute approximate surface area is 103 Å². The molecule has 1 heterocycles. The molecule has 0 aliphatic rings. The average Bonchev–Trinajstić information content (AvgIpc) is 2.64. The molecule has 1 aromatic heterocycles. The molecule has 0 spiro atoms. The molecule has 0 saturated carbocycles. The lowest BCUT2D eigenvalue weighted by Crippen LogP contribution is -2.13. The molecule has 1 aromatic carbocycles. The van der Waals surface area contributed by atoms with Crippen LogP contribution in [0.5, 0.6) is 0 Å². The predicted octanol–water partition coefficient (Wildman–Crippen LogP) is 2.27. The molecule has 18 heavy (non-hydrogen) atoms. The summed E-state index contributed by atoms with van der Waals surface area (Å²) in [4.78, 5) is 12.0. The van der Waals surface area contributed by atoms with Gasteiger partial charge in [0.1, 0.15) is 17.1 Å². The fourth-order valence-corrected chi connectivity index (χ4v) is 1.62. The lowest BCUT2D eigenvalue weighted by Gasteiger charge is -2.06. The number of nitrogens with two attached hydrogens (primary N) is 1. The Kier molecular flexibility index (Phi) is 3.01. The van der Waals surface area contributed by atoms with Crippen LogP contribution in [0, 0.1) is 19.7 Å². The van der Waals surface area contributed by atoms with Gasteiger partial charge >= 0.3 is 0 Å². The van der Waals surface area contributed by atoms with Crippen molar-refractivity contribution >= 4 is 17.3 Å². The number of amides is 1. The second kappa shape index (κ2) is 4.48. The first-order valence-electron chi connectivity index (χ1n) is 5.28. The maximum atomic E-state index is 13.0. The first-order valence-corrected chi connectivity index (χ1v) is 5.28. The fourth-order valence-electron chi connectivity index (χ4n) is 1.62. The number of aryl methyl sites for hydroxylation is 2. The molecule has 1 amide bonds. The molecule has 0 unspecified atom stereocenters. The zero-order valence-corrected chi connectivity index (χ0v) is 9.95. The minimum atomic E-state index is -0.523. The number of nitrogens with one attached hydrogen (secondary N) is 1. The van der Waals surface area contributed by atoms with Crippen molar-refractivity contribution in [2.24, 2.45) is 0 Å². The number of anilines is 2. The normalized spacial score (nSPS) is 10.4. The molecule has 94 valence electrons. The van der Waals surface area contributed by atoms with Crippen LogP contribution >= 0.6 is 0 Å². The van der Waals surface area contributed by atoms with E-state index in [9.17, 15) is 9.18 Å². The first kappa shape index (κ1) is 12.1. The Morgan fingerprint density at radius 1 is 1.44 bits per heavy atom. The van der Waals surface area contributed by atoms with Crippen molar-refractivity contribution in [3.05, 3.63) is 41.0 Å². The van der Waals surface area contributed by atoms with Crippen LogP contribution in [0.1, 0.15) is 21.8 Å². The quantitative estimate of drug-likeness (QED) is 0.800. The van der Waals surface area contributed by atoms with Gasteiger partial charge in [-0.25, -0.2) is 4.39 Å². The highest BCUT2D eigenvalue weighted by Crippen LogP contribution is 2.19. The minimum Gasteiger partial charge on any atom is -0.396 e. The molecule has 2 aromatic rings. The van der Waals surface area contributed by atoms with Crippen LogP contribution in [-0.4, -0.2) is 11.1 Å². The summed E-state index contributed by atoms with van der Waals surface area (Å²) in [7, 11) is 0. The van der Waals surface area contributed by atoms with Crippen LogP contribution in [0.15, 0.2) is 22.7 Å². The number of carbonyl (C=O) groups is 1. The molecule has 0 aliphatic heterocycles. The van der Waals surface area contributed by atoms with E-state index in [1.165, 1.54) is 18.2 Å². The van der Waals surface area contributed by atoms with E-state index < -0.39 is 5.82 Å². The van der Waals surface area contributed by atoms with Gasteiger partial charge in [0.05, 0.1) is 11.4 Å². The maximum Gasteiger partial charge on any atom is 0.261 e. The molecule has 0 fully saturated rings. The molecule has 0 saturated heterocycles. The largest absolute Gasteiger partial charge is 0.396 e. The SMILES string of the molecule is Cc1noc(C)c1C(=O)Nc1ccc(F)c(N)c1. The third-order valence-corrected chi connectivity index (χ3v) is 2.51. The van der Waals surface area contributed by atoms with Gasteiger partial charge in [-0.15, -0.1) is 0 Å². The molecule has 3 N–H and O–H groups in total. The molecular weight excluding hydrogens is 237 g/mol. The Morgan fingerprint density at radius 3 is 2.72 bits per heavy atom. The topological polar surface area (TPSA) is 81.2 Å². The molecule has 0 aliphatic carbocycles. The standard InChI is InChI=1S/C12H12FN3O2/c1-6-11(7(2)18-16-6)12(17)15-8-3-4-9(13)10(14)5-8/h3-5H,14H2,1-2H3,(H,15,17). The Hall–Kier alpha value is -2.37. The van der Waals surface area contributed by atoms with E-state index >= 15 is 0 Å². The van der Waals surface area contributed by atoms with Crippen LogP contribution in [0.4, 0.5) is 15.8 Å². The molecule has 5 nitrogen and oxygen atoms in total. The van der Waals surface area contributed by atoms with E-state index in [1.807, 2.05) is 0 Å². The Morgan fingerprint density at radius 2 is 2.17 bits per heavy atom. The first-order chi connectivity index (χ1) is 8.49. The van der Waals surface area contributed by atoms with Crippen molar-refractivity contribution in [3.8, 4) is 0 Å². The van der Waals surface area contributed by atoms with Gasteiger partial charge in [0.25, 0.3) is 5.91 Å². The predicted molar refractivity (Wildman–Crippen MR) is 64.7 cm³/mol. The van der Waals surface area contributed by atoms with Gasteiger partial charge in [0.15, 0.2) is 0 Å². The van der Waals surface area contributed by atoms with E-state index in [0.29, 0.717) is 22.7 Å². The summed E-state index contributed by atoms with van der Waals surface area (Å²) in [5.41, 5.74) is 6.68. The van der Waals surface area contributed by atoms with Crippen LogP contribution in [0.2, 0.25) is 0 Å². The van der Waals surface area contributed by atoms with Gasteiger partial charge in [-0.2, -0.15) is 0 Å². The maximum absolute atomic E-state index is 13.0. The number of hydrogen-bond acceptors (Lipinski definition) is 4. The number of benzene rings is 1. The third-order valence-electron chi connectivity index (χ3n) is 2.51. The van der Waals surface area contributed by atoms with Crippen LogP contribution in [0.3, 0.4) is 0 Å². The number of hydrogen-bond donors (Lipinski definition) is 2. The van der Waals surface area contributed by atoms with Gasteiger partial charge in [0.2, 0.25) is 0 Å². The number of aromatic nitrogens is 1. The highest BCUT2D eigenvalue weighted by molar-refractivity contribution is 6.05. The highest BCUT2D eigenvalue weighted by Gasteiger charge is 2.17. The van der Waals surface area contributed by atoms with Gasteiger partial charge in [0, 0.05) is 5.69 Å². The van der Waals surface area contributed by atoms with E-state index in [-0.39, 0.29) is 11.6 Å². The highest BCUT2D eigenvalue weighted by atomic mass is 19.1. The zero-order valence-electron chi connectivity index (χ0n) is 9.95. The molecule has 0 bridgehead atoms. The van der Waals surface area contributed by atoms with Crippen LogP contribution in [0.25, 0.3) is 0 Å². The van der Waals surface area contributed by atoms with Crippen molar-refractivity contribution in [1.82, 2.24) is 5.16 Å². The monoisotopic (exact) mass is 249 g/mol. The lowest BCUT2D eigenvalue weighted by atomic mass is 10.2. The van der Waals surface area contributed by atoms with Gasteiger partial charge in [-0.05, 0) is 32.0 Å². The summed E-state index contributed by atoms with van der Waals surface area (Å²) in [6.45, 7) is 3.32. The fraction of sp³-hybridized carbons (Fsp3) is 0.167. The van der Waals surface area contributed by atoms with E-state index in [2.05, 4.69) is 10.5 Å². The van der Waals surface area contributed by atoms with Crippen LogP contribution < -0.4 is 11.1 Å². The number of nitrogens with zero attached hydrogens (tertiary/aromatic N) is 1. The summed E-state index contributed by atoms with van der Waals surface area (Å²) < 4.78 is 17.9. The Balaban J connectivity index is 2.24. The number of carbonyl (C=O) groups excluding carboxylic acids is 1. The minimum absolute atomic E-state index is 0.0217. The molecule has 6 heteroatoms. The van der Waals surface area contributed by atoms with E-state index in [4.69, 9.17) is 10.3 Å². The summed E-state index contributed by atoms with van der Waals surface area (Å²) >= 11 is 0. The van der Waals surface area contributed by atoms with Gasteiger partial charge < -0.3 is 15.6 Å². The third kappa shape index (κ3) is 2.17. The lowest BCUT2D eigenvalue weighted by molar-refractivity contribution is 0.102. The van der Waals surface area contributed by atoms with Crippen molar-refractivity contribution < 1.29 is 13.7 Å². The van der Waals surface area contributed by atoms with E-state index in [0.717, 1.165) is 0 Å². The van der Waals surface area contributed by atoms with E-state index in [1.54, 1.807) is 13.8 Å². The smallest absolute Gasteiger partial charge is 0.261 e. The number of nitrogen functional groups attached to an aromatic ring is 1. The summed E-state index contributed by atoms with van der Waals surface area (Å²) in [5, 5.41) is 6.30. The average molecular weight is 249 g/mol. The second-order valence-electron chi connectivity index (χ2n) is 3.89. The molecule has 0 atom stereocenters. The number of rotatable bonds is 2. The van der Waals surface area contributed by atoms with Crippen LogP contribution in [-0.2, 0) is 0 Å². The van der Waals surface area contributed by atoms with Gasteiger partial charge in [-0.1, -0.05) is 5.16 Å². The second-order valence-corrected chi connectivity index (χ2v) is 3.89. The van der Waals surface area contributed by atoms with Crippen molar-refractivity contribution in [2.45, 2.75) is 13.8 Å². The summed E-state index contributed by atoms with van der Waals surface area (Å²) in [6.07, 6.45) is 0. The van der Waals surface area contributed by atoms with Crippen molar-refractivity contribution in [1.29, 1.82) is 0 Å². The van der Waals surface area contributed by atoms with Crippen molar-refractivity contribution in [2.75, 3.05) is 11.1 Å².